The van der Waals surface area contributed by atoms with Crippen LogP contribution in [0.2, 0.25) is 0 Å². The third-order valence-corrected chi connectivity index (χ3v) is 3.74. The number of nitrogens with zero attached hydrogens (tertiary/aromatic N) is 1. The summed E-state index contributed by atoms with van der Waals surface area (Å²) in [5, 5.41) is 5.66. The molecule has 2 aromatic rings. The van der Waals surface area contributed by atoms with Crippen LogP contribution in [0.5, 0.6) is 5.75 Å². The zero-order chi connectivity index (χ0) is 13.8. The number of ether oxygens (including phenoxy) is 2. The van der Waals surface area contributed by atoms with Crippen LogP contribution in [0.1, 0.15) is 19.3 Å². The molecule has 1 aromatic heterocycles. The fourth-order valence-electron chi connectivity index (χ4n) is 2.60. The van der Waals surface area contributed by atoms with Crippen molar-refractivity contribution in [1.82, 2.24) is 4.98 Å². The van der Waals surface area contributed by atoms with Crippen molar-refractivity contribution >= 4 is 16.6 Å². The summed E-state index contributed by atoms with van der Waals surface area (Å²) < 4.78 is 11.0. The number of hydrogen-bond donors (Lipinski definition) is 1. The van der Waals surface area contributed by atoms with Crippen LogP contribution in [0.3, 0.4) is 0 Å². The maximum Gasteiger partial charge on any atom is 0.133 e. The standard InChI is InChI=1S/C16H20N2O2/c1-19-13-5-6-15-12(10-13)7-8-17-16(15)18-11-14-4-2-3-9-20-14/h5-8,10,14H,2-4,9,11H2,1H3,(H,17,18). The molecule has 4 nitrogen and oxygen atoms in total. The number of fused-ring (bicyclic) bond motifs is 1. The van der Waals surface area contributed by atoms with Crippen LogP contribution in [-0.4, -0.2) is 31.3 Å². The van der Waals surface area contributed by atoms with E-state index in [1.807, 2.05) is 30.5 Å². The van der Waals surface area contributed by atoms with Crippen LogP contribution < -0.4 is 10.1 Å². The van der Waals surface area contributed by atoms with Gasteiger partial charge in [-0.25, -0.2) is 4.98 Å². The van der Waals surface area contributed by atoms with E-state index < -0.39 is 0 Å². The van der Waals surface area contributed by atoms with Gasteiger partial charge in [-0.1, -0.05) is 0 Å². The Kier molecular flexibility index (Phi) is 4.02. The third-order valence-electron chi connectivity index (χ3n) is 3.74. The lowest BCUT2D eigenvalue weighted by molar-refractivity contribution is 0.0247. The fraction of sp³-hybridized carbons (Fsp3) is 0.438. The monoisotopic (exact) mass is 272 g/mol. The van der Waals surface area contributed by atoms with Crippen LogP contribution in [-0.2, 0) is 4.74 Å². The Morgan fingerprint density at radius 1 is 1.35 bits per heavy atom. The van der Waals surface area contributed by atoms with Crippen molar-refractivity contribution in [1.29, 1.82) is 0 Å². The highest BCUT2D eigenvalue weighted by Crippen LogP contribution is 2.25. The molecule has 1 unspecified atom stereocenters. The Labute approximate surface area is 119 Å². The van der Waals surface area contributed by atoms with Crippen molar-refractivity contribution in [2.75, 3.05) is 25.6 Å². The van der Waals surface area contributed by atoms with E-state index in [1.54, 1.807) is 7.11 Å². The molecule has 0 amide bonds. The van der Waals surface area contributed by atoms with E-state index in [-0.39, 0.29) is 0 Å². The second-order valence-corrected chi connectivity index (χ2v) is 5.12. The van der Waals surface area contributed by atoms with Crippen LogP contribution in [0.4, 0.5) is 5.82 Å². The Morgan fingerprint density at radius 3 is 3.10 bits per heavy atom. The van der Waals surface area contributed by atoms with Crippen molar-refractivity contribution < 1.29 is 9.47 Å². The maximum absolute atomic E-state index is 5.74. The Balaban J connectivity index is 1.76. The van der Waals surface area contributed by atoms with Crippen molar-refractivity contribution in [3.63, 3.8) is 0 Å². The van der Waals surface area contributed by atoms with Gasteiger partial charge >= 0.3 is 0 Å². The second-order valence-electron chi connectivity index (χ2n) is 5.12. The minimum atomic E-state index is 0.305. The minimum absolute atomic E-state index is 0.305. The number of methoxy groups -OCH3 is 1. The summed E-state index contributed by atoms with van der Waals surface area (Å²) >= 11 is 0. The van der Waals surface area contributed by atoms with E-state index in [9.17, 15) is 0 Å². The Bertz CT molecular complexity index is 580. The van der Waals surface area contributed by atoms with E-state index >= 15 is 0 Å². The summed E-state index contributed by atoms with van der Waals surface area (Å²) in [5.74, 6) is 1.78. The van der Waals surface area contributed by atoms with Crippen molar-refractivity contribution in [3.05, 3.63) is 30.5 Å². The molecule has 0 radical (unpaired) electrons. The van der Waals surface area contributed by atoms with Crippen LogP contribution in [0.25, 0.3) is 10.8 Å². The van der Waals surface area contributed by atoms with E-state index in [4.69, 9.17) is 9.47 Å². The number of benzene rings is 1. The molecule has 0 spiro atoms. The SMILES string of the molecule is COc1ccc2c(NCC3CCCCO3)nccc2c1. The second kappa shape index (κ2) is 6.09. The van der Waals surface area contributed by atoms with Gasteiger partial charge in [-0.05, 0) is 48.9 Å². The molecule has 1 saturated heterocycles. The van der Waals surface area contributed by atoms with E-state index in [1.165, 1.54) is 12.8 Å². The van der Waals surface area contributed by atoms with Gasteiger partial charge in [0.2, 0.25) is 0 Å². The van der Waals surface area contributed by atoms with Gasteiger partial charge < -0.3 is 14.8 Å². The zero-order valence-corrected chi connectivity index (χ0v) is 11.8. The number of anilines is 1. The minimum Gasteiger partial charge on any atom is -0.497 e. The molecule has 4 heteroatoms. The van der Waals surface area contributed by atoms with Crippen LogP contribution >= 0.6 is 0 Å². The Morgan fingerprint density at radius 2 is 2.30 bits per heavy atom. The van der Waals surface area contributed by atoms with E-state index in [2.05, 4.69) is 10.3 Å². The Hall–Kier alpha value is -1.81. The predicted molar refractivity (Wildman–Crippen MR) is 80.4 cm³/mol. The summed E-state index contributed by atoms with van der Waals surface area (Å²) in [7, 11) is 1.68. The lowest BCUT2D eigenvalue weighted by Crippen LogP contribution is -2.27. The molecule has 3 rings (SSSR count). The first-order valence-corrected chi connectivity index (χ1v) is 7.15. The molecule has 0 aliphatic carbocycles. The number of pyridine rings is 1. The normalized spacial score (nSPS) is 18.9. The lowest BCUT2D eigenvalue weighted by atomic mass is 10.1. The molecule has 20 heavy (non-hydrogen) atoms. The molecule has 2 heterocycles. The molecule has 1 aromatic carbocycles. The summed E-state index contributed by atoms with van der Waals surface area (Å²) in [6.07, 6.45) is 5.70. The first kappa shape index (κ1) is 13.2. The van der Waals surface area contributed by atoms with Crippen molar-refractivity contribution in [2.24, 2.45) is 0 Å². The molecule has 106 valence electrons. The molecule has 1 aliphatic rings. The van der Waals surface area contributed by atoms with Crippen LogP contribution in [0, 0.1) is 0 Å². The van der Waals surface area contributed by atoms with Gasteiger partial charge in [-0.2, -0.15) is 0 Å². The van der Waals surface area contributed by atoms with Gasteiger partial charge in [0.1, 0.15) is 11.6 Å². The molecule has 1 aliphatic heterocycles. The van der Waals surface area contributed by atoms with E-state index in [0.29, 0.717) is 6.10 Å². The summed E-state index contributed by atoms with van der Waals surface area (Å²) in [6.45, 7) is 1.70. The van der Waals surface area contributed by atoms with Gasteiger partial charge in [-0.3, -0.25) is 0 Å². The quantitative estimate of drug-likeness (QED) is 0.928. The van der Waals surface area contributed by atoms with Crippen molar-refractivity contribution in [2.45, 2.75) is 25.4 Å². The van der Waals surface area contributed by atoms with E-state index in [0.717, 1.165) is 41.9 Å². The van der Waals surface area contributed by atoms with Crippen LogP contribution in [0.15, 0.2) is 30.5 Å². The smallest absolute Gasteiger partial charge is 0.133 e. The topological polar surface area (TPSA) is 43.4 Å². The average Bonchev–Trinajstić information content (AvgIpc) is 2.53. The van der Waals surface area contributed by atoms with Gasteiger partial charge in [0.25, 0.3) is 0 Å². The highest BCUT2D eigenvalue weighted by atomic mass is 16.5. The molecular formula is C16H20N2O2. The van der Waals surface area contributed by atoms with Gasteiger partial charge in [0.05, 0.1) is 13.2 Å². The maximum atomic E-state index is 5.74. The average molecular weight is 272 g/mol. The zero-order valence-electron chi connectivity index (χ0n) is 11.8. The molecular weight excluding hydrogens is 252 g/mol. The molecule has 1 N–H and O–H groups in total. The summed E-state index contributed by atoms with van der Waals surface area (Å²) in [6, 6.07) is 8.04. The number of nitrogens with one attached hydrogen (secondary N) is 1. The number of aromatic nitrogens is 1. The first-order valence-electron chi connectivity index (χ1n) is 7.15. The van der Waals surface area contributed by atoms with Gasteiger partial charge in [0, 0.05) is 24.7 Å². The van der Waals surface area contributed by atoms with Gasteiger partial charge in [0.15, 0.2) is 0 Å². The number of hydrogen-bond acceptors (Lipinski definition) is 4. The first-order chi connectivity index (χ1) is 9.86. The summed E-state index contributed by atoms with van der Waals surface area (Å²) in [5.41, 5.74) is 0. The highest BCUT2D eigenvalue weighted by molar-refractivity contribution is 5.92. The predicted octanol–water partition coefficient (Wildman–Crippen LogP) is 3.22. The third kappa shape index (κ3) is 2.85. The van der Waals surface area contributed by atoms with Gasteiger partial charge in [-0.15, -0.1) is 0 Å². The number of rotatable bonds is 4. The molecule has 0 saturated carbocycles. The largest absolute Gasteiger partial charge is 0.497 e. The fourth-order valence-corrected chi connectivity index (χ4v) is 2.60. The summed E-state index contributed by atoms with van der Waals surface area (Å²) in [4.78, 5) is 4.44. The van der Waals surface area contributed by atoms with Crippen molar-refractivity contribution in [3.8, 4) is 5.75 Å². The highest BCUT2D eigenvalue weighted by Gasteiger charge is 2.14. The molecule has 1 atom stereocenters. The molecule has 1 fully saturated rings. The molecule has 0 bridgehead atoms. The lowest BCUT2D eigenvalue weighted by Gasteiger charge is -2.23.